The zero-order chi connectivity index (χ0) is 14.8. The number of halogens is 3. The van der Waals surface area contributed by atoms with Gasteiger partial charge in [0.1, 0.15) is 0 Å². The molecule has 0 bridgehead atoms. The summed E-state index contributed by atoms with van der Waals surface area (Å²) in [5.41, 5.74) is 0. The Morgan fingerprint density at radius 3 is 2.37 bits per heavy atom. The average Bonchev–Trinajstić information content (AvgIpc) is 2.63. The van der Waals surface area contributed by atoms with Gasteiger partial charge < -0.3 is 14.0 Å². The van der Waals surface area contributed by atoms with E-state index in [9.17, 15) is 26.4 Å². The SMILES string of the molecule is CCC(N1C=CN(C)C1)S(=O)(=O)OC(=O)C(F)(F)F. The van der Waals surface area contributed by atoms with Crippen molar-refractivity contribution in [3.8, 4) is 0 Å². The van der Waals surface area contributed by atoms with Crippen molar-refractivity contribution in [2.45, 2.75) is 24.9 Å². The zero-order valence-electron chi connectivity index (χ0n) is 10.2. The Kier molecular flexibility index (Phi) is 4.33. The second kappa shape index (κ2) is 5.27. The molecule has 1 aliphatic heterocycles. The van der Waals surface area contributed by atoms with Crippen molar-refractivity contribution in [2.24, 2.45) is 0 Å². The van der Waals surface area contributed by atoms with Gasteiger partial charge in [-0.1, -0.05) is 6.92 Å². The molecule has 1 aliphatic rings. The molecule has 1 heterocycles. The molecule has 1 atom stereocenters. The summed E-state index contributed by atoms with van der Waals surface area (Å²) >= 11 is 0. The number of rotatable bonds is 4. The lowest BCUT2D eigenvalue weighted by Crippen LogP contribution is -2.41. The van der Waals surface area contributed by atoms with Crippen LogP contribution in [-0.2, 0) is 19.1 Å². The smallest absolute Gasteiger partial charge is 0.362 e. The molecule has 0 aromatic carbocycles. The van der Waals surface area contributed by atoms with Crippen molar-refractivity contribution in [2.75, 3.05) is 13.7 Å². The van der Waals surface area contributed by atoms with Crippen molar-refractivity contribution >= 4 is 16.1 Å². The van der Waals surface area contributed by atoms with Crippen molar-refractivity contribution in [1.82, 2.24) is 9.80 Å². The summed E-state index contributed by atoms with van der Waals surface area (Å²) in [5.74, 6) is -2.73. The third-order valence-electron chi connectivity index (χ3n) is 2.37. The molecule has 1 unspecified atom stereocenters. The van der Waals surface area contributed by atoms with Crippen molar-refractivity contribution in [3.63, 3.8) is 0 Å². The Balaban J connectivity index is 2.86. The molecule has 0 fully saturated rings. The van der Waals surface area contributed by atoms with E-state index in [2.05, 4.69) is 4.18 Å². The van der Waals surface area contributed by atoms with Crippen LogP contribution in [0.25, 0.3) is 0 Å². The first-order chi connectivity index (χ1) is 8.58. The second-order valence-corrected chi connectivity index (χ2v) is 5.63. The van der Waals surface area contributed by atoms with E-state index in [4.69, 9.17) is 0 Å². The van der Waals surface area contributed by atoms with Crippen LogP contribution < -0.4 is 0 Å². The van der Waals surface area contributed by atoms with Gasteiger partial charge in [0, 0.05) is 19.4 Å². The minimum Gasteiger partial charge on any atom is -0.362 e. The normalized spacial score (nSPS) is 17.7. The van der Waals surface area contributed by atoms with E-state index in [1.807, 2.05) is 0 Å². The maximum Gasteiger partial charge on any atom is 0.492 e. The van der Waals surface area contributed by atoms with Gasteiger partial charge in [-0.05, 0) is 6.42 Å². The Morgan fingerprint density at radius 2 is 2.00 bits per heavy atom. The summed E-state index contributed by atoms with van der Waals surface area (Å²) in [6.07, 6.45) is -2.40. The maximum atomic E-state index is 12.0. The number of alkyl halides is 3. The van der Waals surface area contributed by atoms with Gasteiger partial charge in [-0.25, -0.2) is 4.79 Å². The first kappa shape index (κ1) is 15.6. The van der Waals surface area contributed by atoms with Crippen LogP contribution in [-0.4, -0.2) is 49.5 Å². The van der Waals surface area contributed by atoms with Gasteiger partial charge >= 0.3 is 22.3 Å². The molecule has 0 aromatic rings. The minimum absolute atomic E-state index is 0.0222. The van der Waals surface area contributed by atoms with Crippen molar-refractivity contribution in [3.05, 3.63) is 12.4 Å². The fourth-order valence-corrected chi connectivity index (χ4v) is 2.84. The summed E-state index contributed by atoms with van der Waals surface area (Å²) < 4.78 is 63.0. The van der Waals surface area contributed by atoms with Crippen LogP contribution in [0, 0.1) is 0 Å². The lowest BCUT2D eigenvalue weighted by atomic mass is 10.4. The molecule has 0 saturated heterocycles. The van der Waals surface area contributed by atoms with Gasteiger partial charge in [0.2, 0.25) is 0 Å². The molecule has 0 aliphatic carbocycles. The fraction of sp³-hybridized carbons (Fsp3) is 0.667. The lowest BCUT2D eigenvalue weighted by Gasteiger charge is -2.26. The predicted molar refractivity (Wildman–Crippen MR) is 58.8 cm³/mol. The van der Waals surface area contributed by atoms with Crippen LogP contribution in [0.3, 0.4) is 0 Å². The van der Waals surface area contributed by atoms with Crippen molar-refractivity contribution in [1.29, 1.82) is 0 Å². The standard InChI is InChI=1S/C9H13F3N2O4S/c1-3-7(14-5-4-13(2)6-14)19(16,17)18-8(15)9(10,11)12/h4-5,7H,3,6H2,1-2H3. The summed E-state index contributed by atoms with van der Waals surface area (Å²) in [5, 5.41) is -1.35. The first-order valence-electron chi connectivity index (χ1n) is 5.26. The van der Waals surface area contributed by atoms with Gasteiger partial charge in [-0.2, -0.15) is 21.6 Å². The minimum atomic E-state index is -5.34. The van der Waals surface area contributed by atoms with Crippen LogP contribution in [0.1, 0.15) is 13.3 Å². The third-order valence-corrected chi connectivity index (χ3v) is 4.03. The third kappa shape index (κ3) is 3.75. The average molecular weight is 302 g/mol. The van der Waals surface area contributed by atoms with Gasteiger partial charge in [-0.3, -0.25) is 0 Å². The summed E-state index contributed by atoms with van der Waals surface area (Å²) in [7, 11) is -3.02. The Morgan fingerprint density at radius 1 is 1.42 bits per heavy atom. The van der Waals surface area contributed by atoms with E-state index >= 15 is 0 Å². The van der Waals surface area contributed by atoms with Crippen molar-refractivity contribution < 1.29 is 30.6 Å². The molecule has 0 N–H and O–H groups in total. The zero-order valence-corrected chi connectivity index (χ0v) is 11.0. The first-order valence-corrected chi connectivity index (χ1v) is 6.74. The Hall–Kier alpha value is -1.45. The largest absolute Gasteiger partial charge is 0.492 e. The van der Waals surface area contributed by atoms with Crippen LogP contribution >= 0.6 is 0 Å². The fourth-order valence-electron chi connectivity index (χ4n) is 1.55. The molecule has 0 saturated carbocycles. The quantitative estimate of drug-likeness (QED) is 0.717. The van der Waals surface area contributed by atoms with Crippen LogP contribution in [0.2, 0.25) is 0 Å². The number of hydrogen-bond acceptors (Lipinski definition) is 6. The highest BCUT2D eigenvalue weighted by Gasteiger charge is 2.46. The highest BCUT2D eigenvalue weighted by molar-refractivity contribution is 7.87. The summed E-state index contributed by atoms with van der Waals surface area (Å²) in [6.45, 7) is 1.65. The number of carbonyl (C=O) groups excluding carboxylic acids is 1. The van der Waals surface area contributed by atoms with E-state index < -0.39 is 27.6 Å². The highest BCUT2D eigenvalue weighted by Crippen LogP contribution is 2.23. The van der Waals surface area contributed by atoms with Crippen LogP contribution in [0.15, 0.2) is 12.4 Å². The van der Waals surface area contributed by atoms with Gasteiger partial charge in [0.25, 0.3) is 0 Å². The predicted octanol–water partition coefficient (Wildman–Crippen LogP) is 0.834. The molecule has 0 amide bonds. The van der Waals surface area contributed by atoms with E-state index in [1.165, 1.54) is 18.0 Å². The Labute approximate surface area is 108 Å². The molecular formula is C9H13F3N2O4S. The van der Waals surface area contributed by atoms with Gasteiger partial charge in [0.15, 0.2) is 5.37 Å². The van der Waals surface area contributed by atoms with Gasteiger partial charge in [-0.15, -0.1) is 0 Å². The second-order valence-electron chi connectivity index (χ2n) is 3.94. The van der Waals surface area contributed by atoms with Crippen LogP contribution in [0.4, 0.5) is 13.2 Å². The molecule has 6 nitrogen and oxygen atoms in total. The van der Waals surface area contributed by atoms with E-state index in [0.29, 0.717) is 0 Å². The van der Waals surface area contributed by atoms with E-state index in [1.54, 1.807) is 18.1 Å². The number of carbonyl (C=O) groups is 1. The maximum absolute atomic E-state index is 12.0. The molecular weight excluding hydrogens is 289 g/mol. The topological polar surface area (TPSA) is 66.9 Å². The van der Waals surface area contributed by atoms with E-state index in [0.717, 1.165) is 0 Å². The molecule has 10 heteroatoms. The van der Waals surface area contributed by atoms with Gasteiger partial charge in [0.05, 0.1) is 6.67 Å². The summed E-state index contributed by atoms with van der Waals surface area (Å²) in [6, 6.07) is 0. The molecule has 1 rings (SSSR count). The number of hydrogen-bond donors (Lipinski definition) is 0. The van der Waals surface area contributed by atoms with Crippen LogP contribution in [0.5, 0.6) is 0 Å². The van der Waals surface area contributed by atoms with E-state index in [-0.39, 0.29) is 13.1 Å². The molecule has 0 radical (unpaired) electrons. The highest BCUT2D eigenvalue weighted by atomic mass is 32.2. The molecule has 0 spiro atoms. The Bertz CT molecular complexity index is 474. The monoisotopic (exact) mass is 302 g/mol. The molecule has 110 valence electrons. The molecule has 0 aromatic heterocycles. The number of nitrogens with zero attached hydrogens (tertiary/aromatic N) is 2. The molecule has 19 heavy (non-hydrogen) atoms. The lowest BCUT2D eigenvalue weighted by molar-refractivity contribution is -0.189. The summed E-state index contributed by atoms with van der Waals surface area (Å²) in [4.78, 5) is 13.5.